The number of likely N-dealkylation sites (tertiary alicyclic amines) is 1. The third-order valence-corrected chi connectivity index (χ3v) is 4.74. The molecule has 2 rings (SSSR count). The van der Waals surface area contributed by atoms with E-state index in [1.54, 1.807) is 6.92 Å². The molecule has 0 spiro atoms. The molecule has 2 aliphatic rings. The van der Waals surface area contributed by atoms with E-state index in [-0.39, 0.29) is 23.3 Å². The third-order valence-electron chi connectivity index (χ3n) is 4.07. The van der Waals surface area contributed by atoms with Crippen molar-refractivity contribution in [3.05, 3.63) is 0 Å². The van der Waals surface area contributed by atoms with Gasteiger partial charge in [-0.1, -0.05) is 0 Å². The minimum atomic E-state index is 0.0202. The molecule has 4 nitrogen and oxygen atoms in total. The number of nitrogens with one attached hydrogen (secondary N) is 1. The molecule has 1 saturated carbocycles. The van der Waals surface area contributed by atoms with Gasteiger partial charge < -0.3 is 10.2 Å². The van der Waals surface area contributed by atoms with Crippen molar-refractivity contribution < 1.29 is 9.59 Å². The van der Waals surface area contributed by atoms with Gasteiger partial charge in [-0.15, -0.1) is 0 Å². The van der Waals surface area contributed by atoms with Crippen LogP contribution in [0.25, 0.3) is 0 Å². The maximum absolute atomic E-state index is 12.1. The normalized spacial score (nSPS) is 22.7. The molecule has 1 heterocycles. The monoisotopic (exact) mass is 270 g/mol. The van der Waals surface area contributed by atoms with E-state index in [2.05, 4.69) is 17.9 Å². The Hall–Kier alpha value is -0.710. The Balaban J connectivity index is 1.75. The van der Waals surface area contributed by atoms with Gasteiger partial charge >= 0.3 is 0 Å². The van der Waals surface area contributed by atoms with E-state index < -0.39 is 0 Å². The van der Waals surface area contributed by atoms with Crippen LogP contribution in [0, 0.1) is 5.41 Å². The first-order valence-electron chi connectivity index (χ1n) is 6.70. The summed E-state index contributed by atoms with van der Waals surface area (Å²) < 4.78 is 0. The van der Waals surface area contributed by atoms with Gasteiger partial charge in [0.05, 0.1) is 0 Å². The number of hydrogen-bond donors (Lipinski definition) is 2. The van der Waals surface area contributed by atoms with Crippen LogP contribution in [0.1, 0.15) is 39.0 Å². The second-order valence-corrected chi connectivity index (χ2v) is 6.01. The van der Waals surface area contributed by atoms with Crippen molar-refractivity contribution >= 4 is 24.4 Å². The van der Waals surface area contributed by atoms with Crippen LogP contribution in [0.3, 0.4) is 0 Å². The molecule has 0 aromatic heterocycles. The molecule has 1 aliphatic heterocycles. The third kappa shape index (κ3) is 3.40. The second-order valence-electron chi connectivity index (χ2n) is 5.69. The Morgan fingerprint density at radius 1 is 1.33 bits per heavy atom. The van der Waals surface area contributed by atoms with Crippen LogP contribution >= 0.6 is 12.6 Å². The molecular weight excluding hydrogens is 248 g/mol. The van der Waals surface area contributed by atoms with Crippen molar-refractivity contribution in [2.75, 3.05) is 18.8 Å². The van der Waals surface area contributed by atoms with Crippen molar-refractivity contribution in [1.82, 2.24) is 10.2 Å². The van der Waals surface area contributed by atoms with Crippen molar-refractivity contribution in [2.24, 2.45) is 5.41 Å². The summed E-state index contributed by atoms with van der Waals surface area (Å²) in [5.41, 5.74) is 0.203. The minimum Gasteiger partial charge on any atom is -0.353 e. The molecule has 0 radical (unpaired) electrons. The number of rotatable bonds is 4. The van der Waals surface area contributed by atoms with Gasteiger partial charge in [0, 0.05) is 32.5 Å². The highest BCUT2D eigenvalue weighted by molar-refractivity contribution is 7.80. The first-order chi connectivity index (χ1) is 8.54. The molecule has 1 N–H and O–H groups in total. The number of carbonyl (C=O) groups is 2. The smallest absolute Gasteiger partial charge is 0.223 e. The zero-order valence-corrected chi connectivity index (χ0v) is 11.8. The van der Waals surface area contributed by atoms with Crippen molar-refractivity contribution in [1.29, 1.82) is 0 Å². The van der Waals surface area contributed by atoms with E-state index in [1.807, 2.05) is 4.90 Å². The summed E-state index contributed by atoms with van der Waals surface area (Å²) in [6.07, 6.45) is 4.69. The highest BCUT2D eigenvalue weighted by Gasteiger charge is 2.43. The molecular formula is C13H22N2O2S. The summed E-state index contributed by atoms with van der Waals surface area (Å²) in [7, 11) is 0. The minimum absolute atomic E-state index is 0.0202. The average Bonchev–Trinajstić information content (AvgIpc) is 3.09. The van der Waals surface area contributed by atoms with Crippen LogP contribution < -0.4 is 5.32 Å². The van der Waals surface area contributed by atoms with Crippen LogP contribution in [0.5, 0.6) is 0 Å². The lowest BCUT2D eigenvalue weighted by molar-refractivity contribution is -0.133. The van der Waals surface area contributed by atoms with E-state index in [4.69, 9.17) is 0 Å². The van der Waals surface area contributed by atoms with Gasteiger partial charge in [0.1, 0.15) is 0 Å². The summed E-state index contributed by atoms with van der Waals surface area (Å²) >= 11 is 4.34. The number of carbonyl (C=O) groups excluding carboxylic acids is 2. The molecule has 2 amide bonds. The molecule has 0 bridgehead atoms. The molecule has 0 atom stereocenters. The van der Waals surface area contributed by atoms with Gasteiger partial charge in [-0.2, -0.15) is 12.6 Å². The topological polar surface area (TPSA) is 49.4 Å². The van der Waals surface area contributed by atoms with Gasteiger partial charge in [0.25, 0.3) is 0 Å². The molecule has 1 saturated heterocycles. The van der Waals surface area contributed by atoms with Gasteiger partial charge in [-0.25, -0.2) is 0 Å². The van der Waals surface area contributed by atoms with Crippen molar-refractivity contribution in [3.8, 4) is 0 Å². The fraction of sp³-hybridized carbons (Fsp3) is 0.846. The SMILES string of the molecule is CC(=O)NC1CCN(C(=O)CC2(CS)CC2)CC1. The van der Waals surface area contributed by atoms with E-state index in [1.165, 1.54) is 0 Å². The fourth-order valence-corrected chi connectivity index (χ4v) is 2.99. The lowest BCUT2D eigenvalue weighted by Crippen LogP contribution is -2.46. The predicted octanol–water partition coefficient (Wildman–Crippen LogP) is 1.21. The molecule has 1 aliphatic carbocycles. The van der Waals surface area contributed by atoms with Crippen LogP contribution in [-0.2, 0) is 9.59 Å². The van der Waals surface area contributed by atoms with Gasteiger partial charge in [0.15, 0.2) is 0 Å². The lowest BCUT2D eigenvalue weighted by atomic mass is 10.0. The number of hydrogen-bond acceptors (Lipinski definition) is 3. The maximum atomic E-state index is 12.1. The standard InChI is InChI=1S/C13H22N2O2S/c1-10(16)14-11-2-6-15(7-3-11)12(17)8-13(9-18)4-5-13/h11,18H,2-9H2,1H3,(H,14,16). The summed E-state index contributed by atoms with van der Waals surface area (Å²) in [4.78, 5) is 25.1. The largest absolute Gasteiger partial charge is 0.353 e. The summed E-state index contributed by atoms with van der Waals surface area (Å²) in [6, 6.07) is 0.242. The zero-order valence-electron chi connectivity index (χ0n) is 10.9. The van der Waals surface area contributed by atoms with Gasteiger partial charge in [-0.3, -0.25) is 9.59 Å². The summed E-state index contributed by atoms with van der Waals surface area (Å²) in [6.45, 7) is 3.08. The zero-order chi connectivity index (χ0) is 13.2. The number of piperidine rings is 1. The maximum Gasteiger partial charge on any atom is 0.223 e. The van der Waals surface area contributed by atoms with E-state index in [0.29, 0.717) is 6.42 Å². The highest BCUT2D eigenvalue weighted by Crippen LogP contribution is 2.49. The number of nitrogens with zero attached hydrogens (tertiary/aromatic N) is 1. The van der Waals surface area contributed by atoms with Crippen LogP contribution in [0.15, 0.2) is 0 Å². The predicted molar refractivity (Wildman–Crippen MR) is 73.6 cm³/mol. The molecule has 2 fully saturated rings. The molecule has 0 aromatic rings. The Morgan fingerprint density at radius 2 is 1.94 bits per heavy atom. The second kappa shape index (κ2) is 5.51. The number of thiol groups is 1. The first kappa shape index (κ1) is 13.7. The van der Waals surface area contributed by atoms with Crippen LogP contribution in [0.2, 0.25) is 0 Å². The molecule has 0 unspecified atom stereocenters. The lowest BCUT2D eigenvalue weighted by Gasteiger charge is -2.33. The highest BCUT2D eigenvalue weighted by atomic mass is 32.1. The van der Waals surface area contributed by atoms with E-state index in [0.717, 1.165) is 44.5 Å². The molecule has 18 heavy (non-hydrogen) atoms. The Labute approximate surface area is 114 Å². The van der Waals surface area contributed by atoms with E-state index in [9.17, 15) is 9.59 Å². The summed E-state index contributed by atoms with van der Waals surface area (Å²) in [5, 5.41) is 2.92. The Morgan fingerprint density at radius 3 is 2.39 bits per heavy atom. The van der Waals surface area contributed by atoms with Crippen LogP contribution in [0.4, 0.5) is 0 Å². The number of amides is 2. The first-order valence-corrected chi connectivity index (χ1v) is 7.34. The summed E-state index contributed by atoms with van der Waals surface area (Å²) in [5.74, 6) is 1.11. The Bertz CT molecular complexity index is 334. The van der Waals surface area contributed by atoms with Crippen molar-refractivity contribution in [3.63, 3.8) is 0 Å². The Kier molecular flexibility index (Phi) is 4.20. The van der Waals surface area contributed by atoms with Gasteiger partial charge in [-0.05, 0) is 36.9 Å². The van der Waals surface area contributed by atoms with Crippen molar-refractivity contribution in [2.45, 2.75) is 45.1 Å². The van der Waals surface area contributed by atoms with Crippen LogP contribution in [-0.4, -0.2) is 41.6 Å². The molecule has 5 heteroatoms. The fourth-order valence-electron chi connectivity index (χ4n) is 2.56. The van der Waals surface area contributed by atoms with E-state index >= 15 is 0 Å². The van der Waals surface area contributed by atoms with Gasteiger partial charge in [0.2, 0.25) is 11.8 Å². The molecule has 0 aromatic carbocycles. The molecule has 102 valence electrons. The average molecular weight is 270 g/mol. The quantitative estimate of drug-likeness (QED) is 0.755.